The standard InChI is InChI=1S/C17H14F3N3O4/c18-17(19,20)10-1-4-14(21-6-10)27-11-2-3-12-13(5-11)23(15(24)22-12)7-16(25)8-26-9-16/h1-6,25H,7-9H2,(H,22,24). The van der Waals surface area contributed by atoms with Crippen LogP contribution < -0.4 is 10.4 Å². The molecular weight excluding hydrogens is 367 g/mol. The van der Waals surface area contributed by atoms with E-state index in [1.54, 1.807) is 18.2 Å². The van der Waals surface area contributed by atoms with Gasteiger partial charge >= 0.3 is 11.9 Å². The second-order valence-electron chi connectivity index (χ2n) is 6.40. The molecule has 1 aromatic carbocycles. The average Bonchev–Trinajstić information content (AvgIpc) is 2.88. The molecule has 0 aliphatic carbocycles. The van der Waals surface area contributed by atoms with Crippen LogP contribution >= 0.6 is 0 Å². The van der Waals surface area contributed by atoms with Crippen LogP contribution in [0.3, 0.4) is 0 Å². The Hall–Kier alpha value is -2.85. The molecule has 0 atom stereocenters. The summed E-state index contributed by atoms with van der Waals surface area (Å²) in [5.74, 6) is 0.275. The Balaban J connectivity index is 1.62. The molecule has 1 fully saturated rings. The normalized spacial score (nSPS) is 16.3. The Morgan fingerprint density at radius 1 is 1.30 bits per heavy atom. The Morgan fingerprint density at radius 2 is 2.07 bits per heavy atom. The second kappa shape index (κ2) is 6.10. The minimum Gasteiger partial charge on any atom is -0.439 e. The zero-order chi connectivity index (χ0) is 19.2. The van der Waals surface area contributed by atoms with Gasteiger partial charge in [0, 0.05) is 18.3 Å². The first-order valence-electron chi connectivity index (χ1n) is 7.97. The van der Waals surface area contributed by atoms with Gasteiger partial charge in [-0.25, -0.2) is 9.78 Å². The molecule has 0 unspecified atom stereocenters. The highest BCUT2D eigenvalue weighted by molar-refractivity contribution is 5.77. The molecule has 0 spiro atoms. The first-order chi connectivity index (χ1) is 12.7. The van der Waals surface area contributed by atoms with Crippen molar-refractivity contribution in [2.45, 2.75) is 18.3 Å². The monoisotopic (exact) mass is 381 g/mol. The zero-order valence-corrected chi connectivity index (χ0v) is 13.8. The Labute approximate surface area is 150 Å². The molecule has 27 heavy (non-hydrogen) atoms. The van der Waals surface area contributed by atoms with E-state index in [0.29, 0.717) is 23.0 Å². The van der Waals surface area contributed by atoms with E-state index in [4.69, 9.17) is 9.47 Å². The molecule has 3 heterocycles. The first kappa shape index (κ1) is 17.6. The van der Waals surface area contributed by atoms with Crippen molar-refractivity contribution in [1.29, 1.82) is 0 Å². The van der Waals surface area contributed by atoms with Gasteiger partial charge < -0.3 is 19.6 Å². The number of imidazole rings is 1. The minimum atomic E-state index is -4.48. The first-order valence-corrected chi connectivity index (χ1v) is 7.97. The third-order valence-electron chi connectivity index (χ3n) is 4.23. The molecule has 2 N–H and O–H groups in total. The third kappa shape index (κ3) is 3.40. The van der Waals surface area contributed by atoms with Gasteiger partial charge in [0.15, 0.2) is 0 Å². The van der Waals surface area contributed by atoms with E-state index in [9.17, 15) is 23.1 Å². The summed E-state index contributed by atoms with van der Waals surface area (Å²) >= 11 is 0. The number of hydrogen-bond acceptors (Lipinski definition) is 5. The summed E-state index contributed by atoms with van der Waals surface area (Å²) in [6, 6.07) is 6.71. The summed E-state index contributed by atoms with van der Waals surface area (Å²) < 4.78 is 49.6. The van der Waals surface area contributed by atoms with Gasteiger partial charge in [0.1, 0.15) is 11.4 Å². The molecule has 0 amide bonds. The molecule has 3 aromatic rings. The Bertz CT molecular complexity index is 1040. The van der Waals surface area contributed by atoms with Crippen LogP contribution in [0.15, 0.2) is 41.3 Å². The molecule has 7 nitrogen and oxygen atoms in total. The van der Waals surface area contributed by atoms with Crippen LogP contribution in [0.2, 0.25) is 0 Å². The molecule has 142 valence electrons. The highest BCUT2D eigenvalue weighted by atomic mass is 19.4. The number of ether oxygens (including phenoxy) is 2. The largest absolute Gasteiger partial charge is 0.439 e. The maximum Gasteiger partial charge on any atom is 0.417 e. The number of rotatable bonds is 4. The van der Waals surface area contributed by atoms with Crippen molar-refractivity contribution in [2.24, 2.45) is 0 Å². The summed E-state index contributed by atoms with van der Waals surface area (Å²) in [5, 5.41) is 10.2. The summed E-state index contributed by atoms with van der Waals surface area (Å²) in [4.78, 5) is 18.5. The van der Waals surface area contributed by atoms with Gasteiger partial charge in [0.2, 0.25) is 5.88 Å². The van der Waals surface area contributed by atoms with Crippen LogP contribution in [0.1, 0.15) is 5.56 Å². The van der Waals surface area contributed by atoms with Gasteiger partial charge in [0.25, 0.3) is 0 Å². The van der Waals surface area contributed by atoms with Crippen molar-refractivity contribution < 1.29 is 27.8 Å². The number of halogens is 3. The van der Waals surface area contributed by atoms with E-state index in [2.05, 4.69) is 9.97 Å². The number of pyridine rings is 1. The number of aromatic nitrogens is 3. The number of alkyl halides is 3. The van der Waals surface area contributed by atoms with Crippen LogP contribution in [-0.4, -0.2) is 38.5 Å². The molecule has 0 saturated carbocycles. The average molecular weight is 381 g/mol. The van der Waals surface area contributed by atoms with Crippen molar-refractivity contribution in [3.8, 4) is 11.6 Å². The van der Waals surface area contributed by atoms with Gasteiger partial charge in [-0.15, -0.1) is 0 Å². The van der Waals surface area contributed by atoms with Crippen molar-refractivity contribution in [2.75, 3.05) is 13.2 Å². The number of fused-ring (bicyclic) bond motifs is 1. The summed E-state index contributed by atoms with van der Waals surface area (Å²) in [5.41, 5.74) is -1.35. The van der Waals surface area contributed by atoms with Crippen LogP contribution in [0.25, 0.3) is 11.0 Å². The number of nitrogens with one attached hydrogen (secondary N) is 1. The van der Waals surface area contributed by atoms with Crippen molar-refractivity contribution in [1.82, 2.24) is 14.5 Å². The lowest BCUT2D eigenvalue weighted by atomic mass is 10.0. The van der Waals surface area contributed by atoms with E-state index < -0.39 is 23.0 Å². The van der Waals surface area contributed by atoms with Gasteiger partial charge in [-0.2, -0.15) is 13.2 Å². The predicted molar refractivity (Wildman–Crippen MR) is 87.6 cm³/mol. The SMILES string of the molecule is O=c1[nH]c2ccc(Oc3ccc(C(F)(F)F)cn3)cc2n1CC1(O)COC1. The van der Waals surface area contributed by atoms with E-state index in [1.165, 1.54) is 4.57 Å². The summed E-state index contributed by atoms with van der Waals surface area (Å²) in [7, 11) is 0. The van der Waals surface area contributed by atoms with Crippen molar-refractivity contribution >= 4 is 11.0 Å². The minimum absolute atomic E-state index is 0.0159. The zero-order valence-electron chi connectivity index (χ0n) is 13.8. The number of aliphatic hydroxyl groups is 1. The van der Waals surface area contributed by atoms with Crippen molar-refractivity contribution in [3.63, 3.8) is 0 Å². The fourth-order valence-electron chi connectivity index (χ4n) is 2.81. The van der Waals surface area contributed by atoms with Gasteiger partial charge in [-0.05, 0) is 18.2 Å². The molecule has 4 rings (SSSR count). The lowest BCUT2D eigenvalue weighted by molar-refractivity contribution is -0.184. The van der Waals surface area contributed by atoms with Crippen molar-refractivity contribution in [3.05, 3.63) is 52.6 Å². The number of benzene rings is 1. The summed E-state index contributed by atoms with van der Waals surface area (Å²) in [6.07, 6.45) is -3.79. The van der Waals surface area contributed by atoms with Gasteiger partial charge in [0.05, 0.1) is 36.4 Å². The van der Waals surface area contributed by atoms with E-state index in [0.717, 1.165) is 12.1 Å². The van der Waals surface area contributed by atoms with E-state index in [1.807, 2.05) is 0 Å². The predicted octanol–water partition coefficient (Wildman–Crippen LogP) is 2.30. The van der Waals surface area contributed by atoms with Crippen LogP contribution in [0, 0.1) is 0 Å². The molecule has 1 aliphatic heterocycles. The number of aromatic amines is 1. The molecule has 10 heteroatoms. The molecular formula is C17H14F3N3O4. The fraction of sp³-hybridized carbons (Fsp3) is 0.294. The van der Waals surface area contributed by atoms with Crippen LogP contribution in [0.4, 0.5) is 13.2 Å². The second-order valence-corrected chi connectivity index (χ2v) is 6.40. The molecule has 2 aromatic heterocycles. The molecule has 0 bridgehead atoms. The Morgan fingerprint density at radius 3 is 2.67 bits per heavy atom. The quantitative estimate of drug-likeness (QED) is 0.724. The Kier molecular flexibility index (Phi) is 3.97. The van der Waals surface area contributed by atoms with Crippen LogP contribution in [-0.2, 0) is 17.5 Å². The lowest BCUT2D eigenvalue weighted by Crippen LogP contribution is -2.53. The maximum atomic E-state index is 12.6. The topological polar surface area (TPSA) is 89.4 Å². The van der Waals surface area contributed by atoms with Gasteiger partial charge in [-0.3, -0.25) is 4.57 Å². The van der Waals surface area contributed by atoms with E-state index >= 15 is 0 Å². The molecule has 1 saturated heterocycles. The lowest BCUT2D eigenvalue weighted by Gasteiger charge is -2.36. The van der Waals surface area contributed by atoms with Gasteiger partial charge in [-0.1, -0.05) is 0 Å². The summed E-state index contributed by atoms with van der Waals surface area (Å²) in [6.45, 7) is 0.323. The smallest absolute Gasteiger partial charge is 0.417 e. The van der Waals surface area contributed by atoms with E-state index in [-0.39, 0.29) is 25.6 Å². The fourth-order valence-corrected chi connectivity index (χ4v) is 2.81. The number of hydrogen-bond donors (Lipinski definition) is 2. The highest BCUT2D eigenvalue weighted by Gasteiger charge is 2.37. The molecule has 0 radical (unpaired) electrons. The van der Waals surface area contributed by atoms with Crippen LogP contribution in [0.5, 0.6) is 11.6 Å². The maximum absolute atomic E-state index is 12.6. The highest BCUT2D eigenvalue weighted by Crippen LogP contribution is 2.30. The molecule has 1 aliphatic rings. The number of nitrogens with zero attached hydrogens (tertiary/aromatic N) is 2. The number of H-pyrrole nitrogens is 1. The third-order valence-corrected chi connectivity index (χ3v) is 4.23.